The van der Waals surface area contributed by atoms with E-state index < -0.39 is 5.97 Å². The number of carboxylic acid groups (broad SMARTS) is 1. The highest BCUT2D eigenvalue weighted by atomic mass is 16.5. The summed E-state index contributed by atoms with van der Waals surface area (Å²) in [4.78, 5) is 24.6. The number of aliphatic carboxylic acids is 1. The Hall–Kier alpha value is -1.85. The van der Waals surface area contributed by atoms with Gasteiger partial charge in [-0.15, -0.1) is 0 Å². The van der Waals surface area contributed by atoms with Gasteiger partial charge in [-0.1, -0.05) is 5.16 Å². The lowest BCUT2D eigenvalue weighted by Crippen LogP contribution is -2.35. The van der Waals surface area contributed by atoms with Crippen LogP contribution in [0.2, 0.25) is 0 Å². The molecular weight excluding hydrogens is 260 g/mol. The zero-order valence-corrected chi connectivity index (χ0v) is 11.9. The van der Waals surface area contributed by atoms with Crippen molar-refractivity contribution in [2.24, 2.45) is 0 Å². The van der Waals surface area contributed by atoms with Crippen LogP contribution in [0.4, 0.5) is 0 Å². The fourth-order valence-corrected chi connectivity index (χ4v) is 2.35. The molecule has 110 valence electrons. The molecule has 0 unspecified atom stereocenters. The molecule has 1 N–H and O–H groups in total. The Morgan fingerprint density at radius 1 is 1.35 bits per heavy atom. The number of aromatic nitrogens is 1. The van der Waals surface area contributed by atoms with E-state index in [-0.39, 0.29) is 18.4 Å². The molecule has 2 rings (SSSR count). The average molecular weight is 280 g/mol. The number of hydrogen-bond donors (Lipinski definition) is 1. The number of amides is 1. The standard InChI is InChI=1S/C14H20N2O4/c1-9-12(10(2)20-15-9)5-6-13(17)16(11-3-4-11)8-7-14(18)19/h11H,3-8H2,1-2H3,(H,18,19). The predicted octanol–water partition coefficient (Wildman–Crippen LogP) is 1.69. The Morgan fingerprint density at radius 2 is 2.05 bits per heavy atom. The Kier molecular flexibility index (Phi) is 4.42. The molecule has 0 aromatic carbocycles. The van der Waals surface area contributed by atoms with E-state index >= 15 is 0 Å². The summed E-state index contributed by atoms with van der Waals surface area (Å²) in [5, 5.41) is 12.6. The topological polar surface area (TPSA) is 83.6 Å². The Balaban J connectivity index is 1.90. The van der Waals surface area contributed by atoms with Crippen LogP contribution >= 0.6 is 0 Å². The summed E-state index contributed by atoms with van der Waals surface area (Å²) in [6.45, 7) is 4.00. The Labute approximate surface area is 117 Å². The molecule has 1 heterocycles. The molecule has 0 atom stereocenters. The van der Waals surface area contributed by atoms with Gasteiger partial charge in [-0.05, 0) is 33.1 Å². The molecule has 1 fully saturated rings. The van der Waals surface area contributed by atoms with Crippen molar-refractivity contribution in [3.05, 3.63) is 17.0 Å². The molecule has 1 saturated carbocycles. The van der Waals surface area contributed by atoms with Gasteiger partial charge in [0.2, 0.25) is 5.91 Å². The third-order valence-corrected chi connectivity index (χ3v) is 3.64. The maximum atomic E-state index is 12.2. The van der Waals surface area contributed by atoms with E-state index in [1.807, 2.05) is 13.8 Å². The van der Waals surface area contributed by atoms with Gasteiger partial charge < -0.3 is 14.5 Å². The fraction of sp³-hybridized carbons (Fsp3) is 0.643. The zero-order chi connectivity index (χ0) is 14.7. The van der Waals surface area contributed by atoms with E-state index in [0.717, 1.165) is 29.9 Å². The summed E-state index contributed by atoms with van der Waals surface area (Å²) in [7, 11) is 0. The molecule has 6 nitrogen and oxygen atoms in total. The maximum Gasteiger partial charge on any atom is 0.305 e. The number of aryl methyl sites for hydroxylation is 2. The smallest absolute Gasteiger partial charge is 0.305 e. The van der Waals surface area contributed by atoms with Crippen LogP contribution in [-0.4, -0.2) is 39.6 Å². The summed E-state index contributed by atoms with van der Waals surface area (Å²) in [6, 6.07) is 0.242. The van der Waals surface area contributed by atoms with Crippen LogP contribution in [0.25, 0.3) is 0 Å². The van der Waals surface area contributed by atoms with Gasteiger partial charge in [-0.25, -0.2) is 0 Å². The van der Waals surface area contributed by atoms with E-state index in [0.29, 0.717) is 19.4 Å². The van der Waals surface area contributed by atoms with Crippen molar-refractivity contribution in [3.8, 4) is 0 Å². The van der Waals surface area contributed by atoms with Gasteiger partial charge in [0.1, 0.15) is 5.76 Å². The molecule has 0 radical (unpaired) electrons. The largest absolute Gasteiger partial charge is 0.481 e. The van der Waals surface area contributed by atoms with Crippen LogP contribution in [-0.2, 0) is 16.0 Å². The summed E-state index contributed by atoms with van der Waals surface area (Å²) in [5.41, 5.74) is 1.80. The van der Waals surface area contributed by atoms with Crippen molar-refractivity contribution < 1.29 is 19.2 Å². The van der Waals surface area contributed by atoms with E-state index in [4.69, 9.17) is 9.63 Å². The molecule has 1 aliphatic rings. The van der Waals surface area contributed by atoms with Crippen molar-refractivity contribution in [1.29, 1.82) is 0 Å². The van der Waals surface area contributed by atoms with Gasteiger partial charge in [0.15, 0.2) is 0 Å². The lowest BCUT2D eigenvalue weighted by atomic mass is 10.1. The van der Waals surface area contributed by atoms with Gasteiger partial charge in [-0.2, -0.15) is 0 Å². The third-order valence-electron chi connectivity index (χ3n) is 3.64. The molecule has 1 aromatic rings. The van der Waals surface area contributed by atoms with Gasteiger partial charge in [0.25, 0.3) is 0 Å². The van der Waals surface area contributed by atoms with Gasteiger partial charge >= 0.3 is 5.97 Å². The molecule has 20 heavy (non-hydrogen) atoms. The minimum atomic E-state index is -0.867. The van der Waals surface area contributed by atoms with Crippen molar-refractivity contribution in [1.82, 2.24) is 10.1 Å². The second-order valence-electron chi connectivity index (χ2n) is 5.26. The molecule has 6 heteroatoms. The number of carbonyl (C=O) groups excluding carboxylic acids is 1. The first-order valence-electron chi connectivity index (χ1n) is 6.92. The molecule has 0 saturated heterocycles. The highest BCUT2D eigenvalue weighted by Gasteiger charge is 2.32. The monoisotopic (exact) mass is 280 g/mol. The lowest BCUT2D eigenvalue weighted by molar-refractivity contribution is -0.138. The van der Waals surface area contributed by atoms with Gasteiger partial charge in [0, 0.05) is 24.6 Å². The Morgan fingerprint density at radius 3 is 2.55 bits per heavy atom. The lowest BCUT2D eigenvalue weighted by Gasteiger charge is -2.21. The van der Waals surface area contributed by atoms with Crippen molar-refractivity contribution in [3.63, 3.8) is 0 Å². The molecule has 1 amide bonds. The number of hydrogen-bond acceptors (Lipinski definition) is 4. The zero-order valence-electron chi connectivity index (χ0n) is 11.9. The number of rotatable bonds is 7. The second kappa shape index (κ2) is 6.07. The predicted molar refractivity (Wildman–Crippen MR) is 71.3 cm³/mol. The highest BCUT2D eigenvalue weighted by Crippen LogP contribution is 2.28. The van der Waals surface area contributed by atoms with Crippen molar-refractivity contribution >= 4 is 11.9 Å². The van der Waals surface area contributed by atoms with E-state index in [2.05, 4.69) is 5.16 Å². The van der Waals surface area contributed by atoms with Crippen molar-refractivity contribution in [2.45, 2.75) is 52.0 Å². The third kappa shape index (κ3) is 3.59. The first-order valence-corrected chi connectivity index (χ1v) is 6.92. The first-order chi connectivity index (χ1) is 9.49. The fourth-order valence-electron chi connectivity index (χ4n) is 2.35. The van der Waals surface area contributed by atoms with Crippen LogP contribution < -0.4 is 0 Å². The minimum Gasteiger partial charge on any atom is -0.481 e. The summed E-state index contributed by atoms with van der Waals surface area (Å²) >= 11 is 0. The van der Waals surface area contributed by atoms with Gasteiger partial charge in [-0.3, -0.25) is 9.59 Å². The van der Waals surface area contributed by atoms with E-state index in [1.165, 1.54) is 0 Å². The molecule has 1 aromatic heterocycles. The maximum absolute atomic E-state index is 12.2. The highest BCUT2D eigenvalue weighted by molar-refractivity contribution is 5.78. The van der Waals surface area contributed by atoms with Crippen LogP contribution in [0.15, 0.2) is 4.52 Å². The van der Waals surface area contributed by atoms with E-state index in [1.54, 1.807) is 4.90 Å². The second-order valence-corrected chi connectivity index (χ2v) is 5.26. The number of nitrogens with zero attached hydrogens (tertiary/aromatic N) is 2. The van der Waals surface area contributed by atoms with Crippen molar-refractivity contribution in [2.75, 3.05) is 6.54 Å². The van der Waals surface area contributed by atoms with Crippen LogP contribution in [0.5, 0.6) is 0 Å². The van der Waals surface area contributed by atoms with Crippen LogP contribution in [0.1, 0.15) is 42.7 Å². The number of carboxylic acids is 1. The minimum absolute atomic E-state index is 0.00750. The molecular formula is C14H20N2O4. The molecule has 0 aliphatic heterocycles. The average Bonchev–Trinajstić information content (AvgIpc) is 3.16. The summed E-state index contributed by atoms with van der Waals surface area (Å²) in [5.74, 6) is -0.0956. The van der Waals surface area contributed by atoms with Crippen LogP contribution in [0, 0.1) is 13.8 Å². The van der Waals surface area contributed by atoms with Crippen LogP contribution in [0.3, 0.4) is 0 Å². The number of carbonyl (C=O) groups is 2. The summed E-state index contributed by atoms with van der Waals surface area (Å²) < 4.78 is 5.07. The van der Waals surface area contributed by atoms with E-state index in [9.17, 15) is 9.59 Å². The first kappa shape index (κ1) is 14.6. The molecule has 0 spiro atoms. The van der Waals surface area contributed by atoms with Gasteiger partial charge in [0.05, 0.1) is 12.1 Å². The molecule has 1 aliphatic carbocycles. The molecule has 0 bridgehead atoms. The SMILES string of the molecule is Cc1noc(C)c1CCC(=O)N(CCC(=O)O)C1CC1. The quantitative estimate of drug-likeness (QED) is 0.821. The Bertz CT molecular complexity index is 486. The summed E-state index contributed by atoms with van der Waals surface area (Å²) in [6.07, 6.45) is 2.94. The normalized spacial score (nSPS) is 14.3.